The summed E-state index contributed by atoms with van der Waals surface area (Å²) < 4.78 is 0. The second-order valence-electron chi connectivity index (χ2n) is 2.87. The van der Waals surface area contributed by atoms with Crippen LogP contribution in [0.2, 0.25) is 0 Å². The van der Waals surface area contributed by atoms with Gasteiger partial charge in [-0.2, -0.15) is 12.6 Å². The average molecular weight is 209 g/mol. The first kappa shape index (κ1) is 10.8. The third-order valence-corrected chi connectivity index (χ3v) is 2.27. The number of anilines is 1. The molecule has 1 rings (SSSR count). The fourth-order valence-corrected chi connectivity index (χ4v) is 0.981. The van der Waals surface area contributed by atoms with E-state index in [2.05, 4.69) is 17.9 Å². The molecule has 0 fully saturated rings. The van der Waals surface area contributed by atoms with Gasteiger partial charge in [0.15, 0.2) is 5.78 Å². The topological polar surface area (TPSA) is 46.2 Å². The molecule has 1 aromatic carbocycles. The molecule has 14 heavy (non-hydrogen) atoms. The number of para-hydroxylation sites is 1. The highest BCUT2D eigenvalue weighted by molar-refractivity contribution is 7.82. The Balaban J connectivity index is 2.62. The van der Waals surface area contributed by atoms with E-state index >= 15 is 0 Å². The van der Waals surface area contributed by atoms with Crippen LogP contribution in [0.1, 0.15) is 6.92 Å². The lowest BCUT2D eigenvalue weighted by Gasteiger charge is -2.07. The number of rotatable bonds is 3. The Morgan fingerprint density at radius 3 is 2.36 bits per heavy atom. The Bertz CT molecular complexity index is 337. The van der Waals surface area contributed by atoms with Crippen molar-refractivity contribution in [2.45, 2.75) is 12.2 Å². The fraction of sp³-hybridized carbons (Fsp3) is 0.200. The third kappa shape index (κ3) is 2.88. The lowest BCUT2D eigenvalue weighted by Crippen LogP contribution is -2.28. The van der Waals surface area contributed by atoms with Gasteiger partial charge in [0.25, 0.3) is 0 Å². The van der Waals surface area contributed by atoms with Crippen molar-refractivity contribution in [3.05, 3.63) is 30.3 Å². The largest absolute Gasteiger partial charge is 0.325 e. The Kier molecular flexibility index (Phi) is 3.71. The molecule has 0 bridgehead atoms. The van der Waals surface area contributed by atoms with Gasteiger partial charge in [0.2, 0.25) is 5.91 Å². The Morgan fingerprint density at radius 1 is 1.29 bits per heavy atom. The average Bonchev–Trinajstić information content (AvgIpc) is 2.18. The molecule has 0 spiro atoms. The zero-order valence-electron chi connectivity index (χ0n) is 7.73. The molecule has 4 heteroatoms. The van der Waals surface area contributed by atoms with Crippen molar-refractivity contribution in [2.75, 3.05) is 5.32 Å². The normalized spacial score (nSPS) is 11.9. The number of amides is 1. The van der Waals surface area contributed by atoms with Crippen LogP contribution < -0.4 is 5.32 Å². The van der Waals surface area contributed by atoms with E-state index in [1.807, 2.05) is 6.07 Å². The van der Waals surface area contributed by atoms with E-state index < -0.39 is 11.2 Å². The van der Waals surface area contributed by atoms with Gasteiger partial charge >= 0.3 is 0 Å². The zero-order valence-corrected chi connectivity index (χ0v) is 8.62. The molecule has 0 saturated carbocycles. The van der Waals surface area contributed by atoms with Gasteiger partial charge in [0.1, 0.15) is 5.25 Å². The SMILES string of the molecule is CC(=O)C(S)C(=O)Nc1ccccc1. The number of benzene rings is 1. The van der Waals surface area contributed by atoms with Crippen LogP contribution >= 0.6 is 12.6 Å². The molecular formula is C10H11NO2S. The van der Waals surface area contributed by atoms with E-state index in [0.29, 0.717) is 5.69 Å². The van der Waals surface area contributed by atoms with Gasteiger partial charge in [0.05, 0.1) is 0 Å². The van der Waals surface area contributed by atoms with Crippen molar-refractivity contribution < 1.29 is 9.59 Å². The number of ketones is 1. The Hall–Kier alpha value is -1.29. The van der Waals surface area contributed by atoms with Crippen LogP contribution in [0.5, 0.6) is 0 Å². The molecule has 74 valence electrons. The maximum absolute atomic E-state index is 11.3. The molecule has 0 aliphatic rings. The minimum atomic E-state index is -0.893. The van der Waals surface area contributed by atoms with Crippen molar-refractivity contribution in [3.8, 4) is 0 Å². The first-order valence-corrected chi connectivity index (χ1v) is 4.67. The molecule has 1 amide bonds. The van der Waals surface area contributed by atoms with E-state index in [-0.39, 0.29) is 5.78 Å². The van der Waals surface area contributed by atoms with Crippen molar-refractivity contribution in [2.24, 2.45) is 0 Å². The Morgan fingerprint density at radius 2 is 1.86 bits per heavy atom. The van der Waals surface area contributed by atoms with E-state index in [1.165, 1.54) is 6.92 Å². The first-order chi connectivity index (χ1) is 6.61. The van der Waals surface area contributed by atoms with E-state index in [0.717, 1.165) is 0 Å². The van der Waals surface area contributed by atoms with Crippen LogP contribution in [0.25, 0.3) is 0 Å². The highest BCUT2D eigenvalue weighted by Crippen LogP contribution is 2.07. The number of nitrogens with one attached hydrogen (secondary N) is 1. The number of thiol groups is 1. The van der Waals surface area contributed by atoms with Crippen molar-refractivity contribution in [3.63, 3.8) is 0 Å². The quantitative estimate of drug-likeness (QED) is 0.585. The van der Waals surface area contributed by atoms with Crippen LogP contribution in [0, 0.1) is 0 Å². The fourth-order valence-electron chi connectivity index (χ4n) is 0.917. The maximum atomic E-state index is 11.3. The highest BCUT2D eigenvalue weighted by Gasteiger charge is 2.18. The lowest BCUT2D eigenvalue weighted by atomic mass is 10.2. The van der Waals surface area contributed by atoms with Crippen LogP contribution in [0.3, 0.4) is 0 Å². The van der Waals surface area contributed by atoms with Crippen LogP contribution in [0.4, 0.5) is 5.69 Å². The molecular weight excluding hydrogens is 198 g/mol. The summed E-state index contributed by atoms with van der Waals surface area (Å²) in [5.41, 5.74) is 0.665. The first-order valence-electron chi connectivity index (χ1n) is 4.15. The van der Waals surface area contributed by atoms with Gasteiger partial charge in [0, 0.05) is 5.69 Å². The number of carbonyl (C=O) groups excluding carboxylic acids is 2. The molecule has 0 aliphatic carbocycles. The zero-order chi connectivity index (χ0) is 10.6. The van der Waals surface area contributed by atoms with Gasteiger partial charge in [-0.3, -0.25) is 9.59 Å². The minimum absolute atomic E-state index is 0.262. The summed E-state index contributed by atoms with van der Waals surface area (Å²) in [5, 5.41) is 1.69. The van der Waals surface area contributed by atoms with Gasteiger partial charge in [-0.15, -0.1) is 0 Å². The van der Waals surface area contributed by atoms with Gasteiger partial charge < -0.3 is 5.32 Å². The summed E-state index contributed by atoms with van der Waals surface area (Å²) in [6.45, 7) is 1.34. The summed E-state index contributed by atoms with van der Waals surface area (Å²) >= 11 is 3.89. The third-order valence-electron chi connectivity index (χ3n) is 1.67. The van der Waals surface area contributed by atoms with Crippen LogP contribution in [-0.2, 0) is 9.59 Å². The maximum Gasteiger partial charge on any atom is 0.244 e. The molecule has 0 saturated heterocycles. The minimum Gasteiger partial charge on any atom is -0.325 e. The predicted octanol–water partition coefficient (Wildman–Crippen LogP) is 1.51. The van der Waals surface area contributed by atoms with Gasteiger partial charge in [-0.05, 0) is 19.1 Å². The van der Waals surface area contributed by atoms with Crippen molar-refractivity contribution >= 4 is 30.0 Å². The summed E-state index contributed by atoms with van der Waals surface area (Å²) in [5.74, 6) is -0.659. The van der Waals surface area contributed by atoms with Crippen molar-refractivity contribution in [1.82, 2.24) is 0 Å². The van der Waals surface area contributed by atoms with Gasteiger partial charge in [-0.1, -0.05) is 18.2 Å². The second kappa shape index (κ2) is 4.81. The molecule has 0 aliphatic heterocycles. The summed E-state index contributed by atoms with van der Waals surface area (Å²) in [4.78, 5) is 22.2. The molecule has 1 unspecified atom stereocenters. The number of hydrogen-bond donors (Lipinski definition) is 2. The van der Waals surface area contributed by atoms with Crippen LogP contribution in [-0.4, -0.2) is 16.9 Å². The highest BCUT2D eigenvalue weighted by atomic mass is 32.1. The summed E-state index contributed by atoms with van der Waals surface area (Å²) in [6.07, 6.45) is 0. The second-order valence-corrected chi connectivity index (χ2v) is 3.38. The number of Topliss-reactive ketones (excluding diaryl/α,β-unsaturated/α-hetero) is 1. The van der Waals surface area contributed by atoms with Crippen molar-refractivity contribution in [1.29, 1.82) is 0 Å². The molecule has 3 nitrogen and oxygen atoms in total. The lowest BCUT2D eigenvalue weighted by molar-refractivity contribution is -0.123. The molecule has 0 aromatic heterocycles. The molecule has 1 atom stereocenters. The number of hydrogen-bond acceptors (Lipinski definition) is 3. The predicted molar refractivity (Wildman–Crippen MR) is 58.5 cm³/mol. The van der Waals surface area contributed by atoms with E-state index in [1.54, 1.807) is 24.3 Å². The van der Waals surface area contributed by atoms with E-state index in [9.17, 15) is 9.59 Å². The smallest absolute Gasteiger partial charge is 0.244 e. The van der Waals surface area contributed by atoms with Crippen LogP contribution in [0.15, 0.2) is 30.3 Å². The molecule has 1 aromatic rings. The monoisotopic (exact) mass is 209 g/mol. The Labute approximate surface area is 87.9 Å². The molecule has 0 heterocycles. The van der Waals surface area contributed by atoms with E-state index in [4.69, 9.17) is 0 Å². The standard InChI is InChI=1S/C10H11NO2S/c1-7(12)9(14)10(13)11-8-5-3-2-4-6-8/h2-6,9,14H,1H3,(H,11,13). The molecule has 1 N–H and O–H groups in total. The molecule has 0 radical (unpaired) electrons. The summed E-state index contributed by atoms with van der Waals surface area (Å²) in [6, 6.07) is 8.95. The van der Waals surface area contributed by atoms with Gasteiger partial charge in [-0.25, -0.2) is 0 Å². The summed E-state index contributed by atoms with van der Waals surface area (Å²) in [7, 11) is 0. The number of carbonyl (C=O) groups is 2.